The molecule has 0 aliphatic rings. The summed E-state index contributed by atoms with van der Waals surface area (Å²) in [5, 5.41) is 1.17. The predicted octanol–water partition coefficient (Wildman–Crippen LogP) is 3.58. The molecule has 3 aromatic rings. The molecule has 0 aliphatic carbocycles. The summed E-state index contributed by atoms with van der Waals surface area (Å²) >= 11 is 5.92. The molecule has 134 valence electrons. The van der Waals surface area contributed by atoms with E-state index in [4.69, 9.17) is 11.6 Å². The van der Waals surface area contributed by atoms with Crippen LogP contribution in [-0.4, -0.2) is 27.4 Å². The molecule has 0 bridgehead atoms. The zero-order chi connectivity index (χ0) is 18.8. The van der Waals surface area contributed by atoms with Gasteiger partial charge in [-0.05, 0) is 43.2 Å². The predicted molar refractivity (Wildman–Crippen MR) is 103 cm³/mol. The molecule has 0 unspecified atom stereocenters. The highest BCUT2D eigenvalue weighted by atomic mass is 35.5. The highest BCUT2D eigenvalue weighted by molar-refractivity contribution is 6.30. The van der Waals surface area contributed by atoms with E-state index in [0.29, 0.717) is 15.9 Å². The van der Waals surface area contributed by atoms with E-state index < -0.39 is 0 Å². The third-order valence-electron chi connectivity index (χ3n) is 4.69. The van der Waals surface area contributed by atoms with Gasteiger partial charge in [0.15, 0.2) is 0 Å². The van der Waals surface area contributed by atoms with Gasteiger partial charge < -0.3 is 4.90 Å². The molecule has 1 atom stereocenters. The molecule has 0 fully saturated rings. The van der Waals surface area contributed by atoms with Gasteiger partial charge in [0, 0.05) is 12.1 Å². The number of halogens is 1. The number of aromatic nitrogens is 2. The molecule has 0 spiro atoms. The number of fused-ring (bicyclic) bond motifs is 1. The van der Waals surface area contributed by atoms with E-state index in [0.717, 1.165) is 11.1 Å². The molecular formula is C20H20ClN3O2. The lowest BCUT2D eigenvalue weighted by molar-refractivity contribution is -0.132. The Labute approximate surface area is 156 Å². The number of aryl methyl sites for hydroxylation is 1. The van der Waals surface area contributed by atoms with E-state index in [2.05, 4.69) is 4.98 Å². The zero-order valence-electron chi connectivity index (χ0n) is 14.9. The van der Waals surface area contributed by atoms with E-state index in [1.807, 2.05) is 38.1 Å². The summed E-state index contributed by atoms with van der Waals surface area (Å²) in [7, 11) is 1.73. The van der Waals surface area contributed by atoms with E-state index in [-0.39, 0.29) is 24.1 Å². The van der Waals surface area contributed by atoms with Crippen LogP contribution in [0.1, 0.15) is 24.1 Å². The normalized spacial score (nSPS) is 12.2. The van der Waals surface area contributed by atoms with Gasteiger partial charge in [0.2, 0.25) is 5.91 Å². The van der Waals surface area contributed by atoms with Crippen molar-refractivity contribution in [3.8, 4) is 0 Å². The first-order valence-electron chi connectivity index (χ1n) is 8.34. The fraction of sp³-hybridized carbons (Fsp3) is 0.250. The standard InChI is InChI=1S/C20H20ClN3O2/c1-13-5-4-6-17-19(13)22-12-24(20(17)26)11-18(25)23(3)14(2)15-7-9-16(21)10-8-15/h4-10,12,14H,11H2,1-3H3/t14-/m1/s1. The quantitative estimate of drug-likeness (QED) is 0.706. The maximum Gasteiger partial charge on any atom is 0.261 e. The van der Waals surface area contributed by atoms with Crippen molar-refractivity contribution in [3.05, 3.63) is 75.3 Å². The van der Waals surface area contributed by atoms with Crippen molar-refractivity contribution >= 4 is 28.4 Å². The molecule has 5 nitrogen and oxygen atoms in total. The average Bonchev–Trinajstić information content (AvgIpc) is 2.64. The number of hydrogen-bond donors (Lipinski definition) is 0. The summed E-state index contributed by atoms with van der Waals surface area (Å²) in [4.78, 5) is 31.3. The van der Waals surface area contributed by atoms with Crippen LogP contribution in [0, 0.1) is 6.92 Å². The maximum absolute atomic E-state index is 12.7. The number of benzene rings is 2. The first-order valence-corrected chi connectivity index (χ1v) is 8.72. The number of amides is 1. The van der Waals surface area contributed by atoms with Gasteiger partial charge in [-0.15, -0.1) is 0 Å². The van der Waals surface area contributed by atoms with Gasteiger partial charge in [-0.1, -0.05) is 35.9 Å². The average molecular weight is 370 g/mol. The lowest BCUT2D eigenvalue weighted by atomic mass is 10.1. The molecule has 2 aromatic carbocycles. The second-order valence-corrected chi connectivity index (χ2v) is 6.82. The van der Waals surface area contributed by atoms with Crippen molar-refractivity contribution in [3.63, 3.8) is 0 Å². The third kappa shape index (κ3) is 3.48. The highest BCUT2D eigenvalue weighted by Gasteiger charge is 2.18. The van der Waals surface area contributed by atoms with E-state index in [9.17, 15) is 9.59 Å². The smallest absolute Gasteiger partial charge is 0.261 e. The van der Waals surface area contributed by atoms with E-state index in [1.54, 1.807) is 30.1 Å². The zero-order valence-corrected chi connectivity index (χ0v) is 15.7. The Kier molecular flexibility index (Phi) is 5.09. The Morgan fingerprint density at radius 2 is 1.92 bits per heavy atom. The minimum Gasteiger partial charge on any atom is -0.337 e. The van der Waals surface area contributed by atoms with Crippen LogP contribution in [0.5, 0.6) is 0 Å². The van der Waals surface area contributed by atoms with Crippen LogP contribution in [-0.2, 0) is 11.3 Å². The van der Waals surface area contributed by atoms with Crippen molar-refractivity contribution < 1.29 is 4.79 Å². The largest absolute Gasteiger partial charge is 0.337 e. The fourth-order valence-corrected chi connectivity index (χ4v) is 3.01. The third-order valence-corrected chi connectivity index (χ3v) is 4.94. The van der Waals surface area contributed by atoms with Crippen LogP contribution in [0.4, 0.5) is 0 Å². The van der Waals surface area contributed by atoms with E-state index in [1.165, 1.54) is 10.9 Å². The number of rotatable bonds is 4. The van der Waals surface area contributed by atoms with Crippen molar-refractivity contribution in [2.45, 2.75) is 26.4 Å². The van der Waals surface area contributed by atoms with Gasteiger partial charge in [0.25, 0.3) is 5.56 Å². The fourth-order valence-electron chi connectivity index (χ4n) is 2.89. The lowest BCUT2D eigenvalue weighted by Gasteiger charge is -2.25. The molecular weight excluding hydrogens is 350 g/mol. The lowest BCUT2D eigenvalue weighted by Crippen LogP contribution is -2.35. The second-order valence-electron chi connectivity index (χ2n) is 6.38. The molecule has 6 heteroatoms. The number of nitrogens with zero attached hydrogens (tertiary/aromatic N) is 3. The van der Waals surface area contributed by atoms with Gasteiger partial charge in [0.05, 0.1) is 23.3 Å². The van der Waals surface area contributed by atoms with Gasteiger partial charge in [-0.2, -0.15) is 0 Å². The van der Waals surface area contributed by atoms with Crippen LogP contribution in [0.3, 0.4) is 0 Å². The summed E-state index contributed by atoms with van der Waals surface area (Å²) in [6.45, 7) is 3.79. The Morgan fingerprint density at radius 1 is 1.23 bits per heavy atom. The molecule has 3 rings (SSSR count). The minimum atomic E-state index is -0.209. The molecule has 26 heavy (non-hydrogen) atoms. The summed E-state index contributed by atoms with van der Waals surface area (Å²) in [6, 6.07) is 12.7. The Bertz CT molecular complexity index is 1010. The molecule has 1 aromatic heterocycles. The summed E-state index contributed by atoms with van der Waals surface area (Å²) in [6.07, 6.45) is 1.44. The molecule has 0 N–H and O–H groups in total. The van der Waals surface area contributed by atoms with Crippen molar-refractivity contribution in [1.82, 2.24) is 14.5 Å². The van der Waals surface area contributed by atoms with Gasteiger partial charge in [-0.3, -0.25) is 14.2 Å². The first kappa shape index (κ1) is 18.1. The topological polar surface area (TPSA) is 55.2 Å². The monoisotopic (exact) mass is 369 g/mol. The molecule has 1 heterocycles. The molecule has 1 amide bonds. The SMILES string of the molecule is Cc1cccc2c(=O)n(CC(=O)N(C)[C@H](C)c3ccc(Cl)cc3)cnc12. The van der Waals surface area contributed by atoms with E-state index >= 15 is 0 Å². The Balaban J connectivity index is 1.83. The first-order chi connectivity index (χ1) is 12.4. The maximum atomic E-state index is 12.7. The highest BCUT2D eigenvalue weighted by Crippen LogP contribution is 2.21. The van der Waals surface area contributed by atoms with Crippen LogP contribution >= 0.6 is 11.6 Å². The molecule has 0 aliphatic heterocycles. The number of carbonyl (C=O) groups is 1. The number of likely N-dealkylation sites (N-methyl/N-ethyl adjacent to an activating group) is 1. The Morgan fingerprint density at radius 3 is 2.62 bits per heavy atom. The number of para-hydroxylation sites is 1. The van der Waals surface area contributed by atoms with Gasteiger partial charge in [-0.25, -0.2) is 4.98 Å². The van der Waals surface area contributed by atoms with Crippen LogP contribution in [0.2, 0.25) is 5.02 Å². The van der Waals surface area contributed by atoms with Gasteiger partial charge in [0.1, 0.15) is 6.54 Å². The van der Waals surface area contributed by atoms with Crippen molar-refractivity contribution in [2.24, 2.45) is 0 Å². The van der Waals surface area contributed by atoms with Crippen LogP contribution < -0.4 is 5.56 Å². The number of hydrogen-bond acceptors (Lipinski definition) is 3. The van der Waals surface area contributed by atoms with Crippen molar-refractivity contribution in [1.29, 1.82) is 0 Å². The summed E-state index contributed by atoms with van der Waals surface area (Å²) in [5.74, 6) is -0.164. The molecule has 0 radical (unpaired) electrons. The van der Waals surface area contributed by atoms with Crippen molar-refractivity contribution in [2.75, 3.05) is 7.05 Å². The number of carbonyl (C=O) groups excluding carboxylic acids is 1. The van der Waals surface area contributed by atoms with Crippen LogP contribution in [0.25, 0.3) is 10.9 Å². The van der Waals surface area contributed by atoms with Crippen LogP contribution in [0.15, 0.2) is 53.6 Å². The summed E-state index contributed by atoms with van der Waals surface area (Å²) < 4.78 is 1.36. The van der Waals surface area contributed by atoms with Gasteiger partial charge >= 0.3 is 0 Å². The molecule has 0 saturated heterocycles. The second kappa shape index (κ2) is 7.30. The minimum absolute atomic E-state index is 0.0514. The Hall–Kier alpha value is -2.66. The summed E-state index contributed by atoms with van der Waals surface area (Å²) in [5.41, 5.74) is 2.38. The molecule has 0 saturated carbocycles.